The molecule has 0 saturated heterocycles. The van der Waals surface area contributed by atoms with Crippen LogP contribution < -0.4 is 0 Å². The van der Waals surface area contributed by atoms with Crippen molar-refractivity contribution in [1.82, 2.24) is 15.0 Å². The molecule has 0 aliphatic carbocycles. The number of benzene rings is 4. The van der Waals surface area contributed by atoms with E-state index in [4.69, 9.17) is 4.98 Å². The molecule has 4 aromatic carbocycles. The fraction of sp³-hybridized carbons (Fsp3) is 0.0250. The molecule has 204 valence electrons. The fourth-order valence-electron chi connectivity index (χ4n) is 5.46. The lowest BCUT2D eigenvalue weighted by Crippen LogP contribution is -1.93. The van der Waals surface area contributed by atoms with Gasteiger partial charge in [0.2, 0.25) is 0 Å². The largest absolute Gasteiger partial charge is 0.264 e. The first-order valence-corrected chi connectivity index (χ1v) is 14.4. The van der Waals surface area contributed by atoms with Gasteiger partial charge >= 0.3 is 0 Å². The van der Waals surface area contributed by atoms with Gasteiger partial charge in [-0.2, -0.15) is 0 Å². The van der Waals surface area contributed by atoms with Crippen molar-refractivity contribution in [3.05, 3.63) is 164 Å². The molecule has 0 aliphatic rings. The molecule has 0 fully saturated rings. The Labute approximate surface area is 252 Å². The summed E-state index contributed by atoms with van der Waals surface area (Å²) in [7, 11) is 0. The Morgan fingerprint density at radius 1 is 0.349 bits per heavy atom. The number of aromatic nitrogens is 3. The van der Waals surface area contributed by atoms with Gasteiger partial charge < -0.3 is 0 Å². The van der Waals surface area contributed by atoms with Gasteiger partial charge in [-0.3, -0.25) is 9.97 Å². The van der Waals surface area contributed by atoms with Crippen molar-refractivity contribution in [2.24, 2.45) is 0 Å². The number of aryl methyl sites for hydroxylation is 1. The zero-order valence-corrected chi connectivity index (χ0v) is 23.9. The second kappa shape index (κ2) is 11.7. The first-order valence-electron chi connectivity index (χ1n) is 14.4. The van der Waals surface area contributed by atoms with E-state index in [1.54, 1.807) is 6.20 Å². The zero-order chi connectivity index (χ0) is 29.0. The molecular weight excluding hydrogens is 522 g/mol. The van der Waals surface area contributed by atoms with E-state index in [9.17, 15) is 0 Å². The van der Waals surface area contributed by atoms with Gasteiger partial charge in [0.05, 0.1) is 11.4 Å². The summed E-state index contributed by atoms with van der Waals surface area (Å²) < 4.78 is 0. The minimum Gasteiger partial charge on any atom is -0.264 e. The van der Waals surface area contributed by atoms with E-state index in [0.717, 1.165) is 61.5 Å². The van der Waals surface area contributed by atoms with E-state index < -0.39 is 0 Å². The molecule has 0 bridgehead atoms. The Bertz CT molecular complexity index is 1930. The highest BCUT2D eigenvalue weighted by molar-refractivity contribution is 5.81. The average molecular weight is 552 g/mol. The van der Waals surface area contributed by atoms with Crippen LogP contribution >= 0.6 is 0 Å². The molecular formula is C40H29N3. The molecule has 0 unspecified atom stereocenters. The molecule has 43 heavy (non-hydrogen) atoms. The summed E-state index contributed by atoms with van der Waals surface area (Å²) in [4.78, 5) is 14.0. The average Bonchev–Trinajstić information content (AvgIpc) is 3.09. The standard InChI is InChI=1S/C40H29N3/c1-28-19-38(27-42-25-28)33-14-5-13-32(20-33)37-23-39(34-15-6-11-30(21-34)29-9-3-2-4-10-29)43-40(24-37)35-16-7-12-31(22-35)36-17-8-18-41-26-36/h2-27H,1H3. The Balaban J connectivity index is 1.38. The van der Waals surface area contributed by atoms with Gasteiger partial charge in [0.25, 0.3) is 0 Å². The second-order valence-corrected chi connectivity index (χ2v) is 10.7. The summed E-state index contributed by atoms with van der Waals surface area (Å²) in [6.45, 7) is 2.07. The number of hydrogen-bond acceptors (Lipinski definition) is 3. The van der Waals surface area contributed by atoms with E-state index in [1.165, 1.54) is 11.1 Å². The zero-order valence-electron chi connectivity index (χ0n) is 23.9. The Kier molecular flexibility index (Phi) is 7.12. The first-order chi connectivity index (χ1) is 21.2. The quantitative estimate of drug-likeness (QED) is 0.206. The highest BCUT2D eigenvalue weighted by atomic mass is 14.7. The van der Waals surface area contributed by atoms with Crippen molar-refractivity contribution in [3.63, 3.8) is 0 Å². The number of nitrogens with zero attached hydrogens (tertiary/aromatic N) is 3. The van der Waals surface area contributed by atoms with Crippen molar-refractivity contribution in [1.29, 1.82) is 0 Å². The van der Waals surface area contributed by atoms with Gasteiger partial charge in [0.1, 0.15) is 0 Å². The van der Waals surface area contributed by atoms with Gasteiger partial charge in [-0.15, -0.1) is 0 Å². The SMILES string of the molecule is Cc1cncc(-c2cccc(-c3cc(-c4cccc(-c5ccccc5)c4)nc(-c4cccc(-c5cccnc5)c4)c3)c2)c1. The lowest BCUT2D eigenvalue weighted by atomic mass is 9.95. The van der Waals surface area contributed by atoms with Crippen LogP contribution in [-0.4, -0.2) is 15.0 Å². The maximum absolute atomic E-state index is 5.24. The maximum atomic E-state index is 5.24. The van der Waals surface area contributed by atoms with Crippen molar-refractivity contribution in [3.8, 4) is 67.0 Å². The van der Waals surface area contributed by atoms with Crippen LogP contribution in [-0.2, 0) is 0 Å². The highest BCUT2D eigenvalue weighted by Crippen LogP contribution is 2.34. The van der Waals surface area contributed by atoms with Crippen LogP contribution in [0.2, 0.25) is 0 Å². The van der Waals surface area contributed by atoms with Crippen LogP contribution in [0.3, 0.4) is 0 Å². The van der Waals surface area contributed by atoms with Crippen LogP contribution in [0.15, 0.2) is 158 Å². The van der Waals surface area contributed by atoms with Crippen molar-refractivity contribution in [2.45, 2.75) is 6.92 Å². The molecule has 0 saturated carbocycles. The Morgan fingerprint density at radius 2 is 0.860 bits per heavy atom. The van der Waals surface area contributed by atoms with Gasteiger partial charge in [0, 0.05) is 47.0 Å². The summed E-state index contributed by atoms with van der Waals surface area (Å²) >= 11 is 0. The third kappa shape index (κ3) is 5.74. The van der Waals surface area contributed by atoms with E-state index in [0.29, 0.717) is 0 Å². The maximum Gasteiger partial charge on any atom is 0.0715 e. The highest BCUT2D eigenvalue weighted by Gasteiger charge is 2.12. The van der Waals surface area contributed by atoms with Gasteiger partial charge in [0.15, 0.2) is 0 Å². The number of rotatable bonds is 6. The van der Waals surface area contributed by atoms with Gasteiger partial charge in [-0.25, -0.2) is 4.98 Å². The molecule has 0 spiro atoms. The summed E-state index contributed by atoms with van der Waals surface area (Å²) in [5, 5.41) is 0. The Morgan fingerprint density at radius 3 is 1.49 bits per heavy atom. The van der Waals surface area contributed by atoms with Crippen LogP contribution in [0.4, 0.5) is 0 Å². The van der Waals surface area contributed by atoms with Crippen LogP contribution in [0.1, 0.15) is 5.56 Å². The predicted octanol–water partition coefficient (Wildman–Crippen LogP) is 10.2. The minimum atomic E-state index is 0.922. The molecule has 0 aliphatic heterocycles. The Hall–Kier alpha value is -5.67. The van der Waals surface area contributed by atoms with E-state index in [-0.39, 0.29) is 0 Å². The first kappa shape index (κ1) is 26.2. The smallest absolute Gasteiger partial charge is 0.0715 e. The minimum absolute atomic E-state index is 0.922. The topological polar surface area (TPSA) is 38.7 Å². The van der Waals surface area contributed by atoms with E-state index in [2.05, 4.69) is 138 Å². The molecule has 3 heterocycles. The summed E-state index contributed by atoms with van der Waals surface area (Å²) in [5.41, 5.74) is 14.2. The molecule has 0 atom stereocenters. The molecule has 3 nitrogen and oxygen atoms in total. The van der Waals surface area contributed by atoms with Crippen molar-refractivity contribution >= 4 is 0 Å². The van der Waals surface area contributed by atoms with Crippen molar-refractivity contribution < 1.29 is 0 Å². The predicted molar refractivity (Wildman–Crippen MR) is 177 cm³/mol. The summed E-state index contributed by atoms with van der Waals surface area (Å²) in [5.74, 6) is 0. The molecule has 7 rings (SSSR count). The molecule has 0 radical (unpaired) electrons. The molecule has 0 amide bonds. The summed E-state index contributed by atoms with van der Waals surface area (Å²) in [6.07, 6.45) is 7.51. The van der Waals surface area contributed by atoms with Gasteiger partial charge in [-0.1, -0.05) is 91.0 Å². The normalized spacial score (nSPS) is 10.9. The third-order valence-corrected chi connectivity index (χ3v) is 7.65. The number of pyridine rings is 3. The van der Waals surface area contributed by atoms with Crippen LogP contribution in [0.5, 0.6) is 0 Å². The second-order valence-electron chi connectivity index (χ2n) is 10.7. The van der Waals surface area contributed by atoms with Crippen molar-refractivity contribution in [2.75, 3.05) is 0 Å². The lowest BCUT2D eigenvalue weighted by molar-refractivity contribution is 1.27. The number of hydrogen-bond donors (Lipinski definition) is 0. The van der Waals surface area contributed by atoms with Crippen LogP contribution in [0, 0.1) is 6.92 Å². The lowest BCUT2D eigenvalue weighted by Gasteiger charge is -2.13. The van der Waals surface area contributed by atoms with E-state index in [1.807, 2.05) is 30.7 Å². The van der Waals surface area contributed by atoms with Gasteiger partial charge in [-0.05, 0) is 88.3 Å². The fourth-order valence-corrected chi connectivity index (χ4v) is 5.46. The van der Waals surface area contributed by atoms with Crippen LogP contribution in [0.25, 0.3) is 67.0 Å². The third-order valence-electron chi connectivity index (χ3n) is 7.65. The monoisotopic (exact) mass is 551 g/mol. The molecule has 7 aromatic rings. The molecule has 3 aromatic heterocycles. The van der Waals surface area contributed by atoms with E-state index >= 15 is 0 Å². The molecule has 3 heteroatoms. The summed E-state index contributed by atoms with van der Waals surface area (Å²) in [6, 6.07) is 46.9. The molecule has 0 N–H and O–H groups in total.